The Morgan fingerprint density at radius 3 is 2.80 bits per heavy atom. The van der Waals surface area contributed by atoms with Crippen LogP contribution >= 0.6 is 0 Å². The maximum Gasteiger partial charge on any atom is 0.117 e. The van der Waals surface area contributed by atoms with Crippen molar-refractivity contribution in [3.05, 3.63) is 36.0 Å². The molecule has 0 spiro atoms. The molecule has 1 heterocycles. The van der Waals surface area contributed by atoms with Gasteiger partial charge in [-0.05, 0) is 25.3 Å². The predicted molar refractivity (Wildman–Crippen MR) is 79.0 cm³/mol. The van der Waals surface area contributed by atoms with Crippen molar-refractivity contribution in [3.8, 4) is 11.3 Å². The smallest absolute Gasteiger partial charge is 0.117 e. The van der Waals surface area contributed by atoms with Crippen molar-refractivity contribution in [2.75, 3.05) is 13.2 Å². The molecule has 0 bridgehead atoms. The van der Waals surface area contributed by atoms with E-state index in [-0.39, 0.29) is 6.61 Å². The number of hydrogen-bond acceptors (Lipinski definition) is 4. The third-order valence-corrected chi connectivity index (χ3v) is 3.32. The first-order valence-electron chi connectivity index (χ1n) is 7.08. The first-order chi connectivity index (χ1) is 9.81. The second-order valence-electron chi connectivity index (χ2n) is 5.09. The van der Waals surface area contributed by atoms with Crippen LogP contribution < -0.4 is 5.32 Å². The molecule has 1 aromatic carbocycles. The normalized spacial score (nSPS) is 12.5. The molecule has 5 heteroatoms. The lowest BCUT2D eigenvalue weighted by Crippen LogP contribution is -2.16. The van der Waals surface area contributed by atoms with Crippen LogP contribution in [0, 0.1) is 5.92 Å². The number of nitrogens with one attached hydrogen (secondary N) is 2. The van der Waals surface area contributed by atoms with Crippen LogP contribution in [0.25, 0.3) is 11.3 Å². The molecule has 1 atom stereocenters. The highest BCUT2D eigenvalue weighted by Crippen LogP contribution is 2.18. The number of aromatic amines is 1. The Bertz CT molecular complexity index is 498. The Hall–Kier alpha value is -1.72. The van der Waals surface area contributed by atoms with Gasteiger partial charge in [-0.2, -0.15) is 15.4 Å². The lowest BCUT2D eigenvalue weighted by molar-refractivity contribution is 0.228. The standard InChI is InChI=1S/C15H22N4O/c1-12(11-20)6-5-9-16-10-14-15(18-19-17-14)13-7-3-2-4-8-13/h2-4,7-8,12,16,20H,5-6,9-11H2,1H3,(H,17,18,19). The van der Waals surface area contributed by atoms with E-state index in [0.717, 1.165) is 36.3 Å². The van der Waals surface area contributed by atoms with E-state index in [1.54, 1.807) is 0 Å². The molecule has 0 amide bonds. The Kier molecular flexibility index (Phi) is 5.70. The van der Waals surface area contributed by atoms with Crippen LogP contribution in [0.15, 0.2) is 30.3 Å². The van der Waals surface area contributed by atoms with Crippen molar-refractivity contribution >= 4 is 0 Å². The van der Waals surface area contributed by atoms with Gasteiger partial charge in [0.2, 0.25) is 0 Å². The number of rotatable bonds is 8. The molecule has 0 aliphatic carbocycles. The monoisotopic (exact) mass is 274 g/mol. The minimum absolute atomic E-state index is 0.265. The quantitative estimate of drug-likeness (QED) is 0.643. The van der Waals surface area contributed by atoms with Gasteiger partial charge in [0.1, 0.15) is 11.4 Å². The molecule has 20 heavy (non-hydrogen) atoms. The Labute approximate surface area is 119 Å². The van der Waals surface area contributed by atoms with Crippen molar-refractivity contribution in [3.63, 3.8) is 0 Å². The van der Waals surface area contributed by atoms with Gasteiger partial charge in [-0.15, -0.1) is 0 Å². The average Bonchev–Trinajstić information content (AvgIpc) is 2.96. The molecule has 0 aliphatic heterocycles. The summed E-state index contributed by atoms with van der Waals surface area (Å²) < 4.78 is 0. The maximum absolute atomic E-state index is 8.96. The molecule has 2 aromatic rings. The Balaban J connectivity index is 1.81. The molecular weight excluding hydrogens is 252 g/mol. The van der Waals surface area contributed by atoms with Crippen molar-refractivity contribution in [1.29, 1.82) is 0 Å². The molecule has 1 aromatic heterocycles. The molecule has 0 aliphatic rings. The largest absolute Gasteiger partial charge is 0.396 e. The summed E-state index contributed by atoms with van der Waals surface area (Å²) in [5.74, 6) is 0.378. The van der Waals surface area contributed by atoms with Gasteiger partial charge in [-0.3, -0.25) is 0 Å². The summed E-state index contributed by atoms with van der Waals surface area (Å²) in [6, 6.07) is 10.0. The number of aromatic nitrogens is 3. The van der Waals surface area contributed by atoms with E-state index in [4.69, 9.17) is 5.11 Å². The maximum atomic E-state index is 8.96. The molecule has 0 radical (unpaired) electrons. The molecule has 2 rings (SSSR count). The minimum Gasteiger partial charge on any atom is -0.396 e. The van der Waals surface area contributed by atoms with E-state index in [1.165, 1.54) is 0 Å². The molecule has 1 unspecified atom stereocenters. The zero-order valence-corrected chi connectivity index (χ0v) is 11.8. The summed E-state index contributed by atoms with van der Waals surface area (Å²) in [5, 5.41) is 23.4. The second kappa shape index (κ2) is 7.77. The zero-order valence-electron chi connectivity index (χ0n) is 11.8. The van der Waals surface area contributed by atoms with Crippen LogP contribution in [0.1, 0.15) is 25.5 Å². The van der Waals surface area contributed by atoms with Crippen molar-refractivity contribution < 1.29 is 5.11 Å². The molecular formula is C15H22N4O. The fourth-order valence-electron chi connectivity index (χ4n) is 2.08. The van der Waals surface area contributed by atoms with Gasteiger partial charge >= 0.3 is 0 Å². The van der Waals surface area contributed by atoms with E-state index < -0.39 is 0 Å². The first kappa shape index (κ1) is 14.7. The molecule has 5 nitrogen and oxygen atoms in total. The van der Waals surface area contributed by atoms with Gasteiger partial charge in [0.05, 0.1) is 0 Å². The molecule has 0 saturated carbocycles. The number of hydrogen-bond donors (Lipinski definition) is 3. The first-order valence-corrected chi connectivity index (χ1v) is 7.08. The summed E-state index contributed by atoms with van der Waals surface area (Å²) in [7, 11) is 0. The fourth-order valence-corrected chi connectivity index (χ4v) is 2.08. The minimum atomic E-state index is 0.265. The van der Waals surface area contributed by atoms with Crippen LogP contribution in [-0.2, 0) is 6.54 Å². The summed E-state index contributed by atoms with van der Waals surface area (Å²) >= 11 is 0. The van der Waals surface area contributed by atoms with Gasteiger partial charge in [0, 0.05) is 18.7 Å². The summed E-state index contributed by atoms with van der Waals surface area (Å²) in [6.45, 7) is 3.95. The number of aliphatic hydroxyl groups excluding tert-OH is 1. The topological polar surface area (TPSA) is 73.8 Å². The van der Waals surface area contributed by atoms with Gasteiger partial charge in [-0.1, -0.05) is 37.3 Å². The third-order valence-electron chi connectivity index (χ3n) is 3.32. The summed E-state index contributed by atoms with van der Waals surface area (Å²) in [6.07, 6.45) is 2.09. The lowest BCUT2D eigenvalue weighted by atomic mass is 10.1. The van der Waals surface area contributed by atoms with Gasteiger partial charge in [0.15, 0.2) is 0 Å². The number of benzene rings is 1. The second-order valence-corrected chi connectivity index (χ2v) is 5.09. The molecule has 0 saturated heterocycles. The molecule has 0 fully saturated rings. The highest BCUT2D eigenvalue weighted by Gasteiger charge is 2.09. The number of H-pyrrole nitrogens is 1. The van der Waals surface area contributed by atoms with Gasteiger partial charge in [-0.25, -0.2) is 0 Å². The molecule has 108 valence electrons. The van der Waals surface area contributed by atoms with Crippen LogP contribution in [0.4, 0.5) is 0 Å². The van der Waals surface area contributed by atoms with Crippen LogP contribution in [0.3, 0.4) is 0 Å². The van der Waals surface area contributed by atoms with Crippen LogP contribution in [0.5, 0.6) is 0 Å². The van der Waals surface area contributed by atoms with E-state index in [1.807, 2.05) is 30.3 Å². The van der Waals surface area contributed by atoms with Crippen molar-refractivity contribution in [2.45, 2.75) is 26.3 Å². The summed E-state index contributed by atoms with van der Waals surface area (Å²) in [4.78, 5) is 0. The summed E-state index contributed by atoms with van der Waals surface area (Å²) in [5.41, 5.74) is 2.92. The van der Waals surface area contributed by atoms with Crippen molar-refractivity contribution in [1.82, 2.24) is 20.7 Å². The SMILES string of the molecule is CC(CO)CCCNCc1n[nH]nc1-c1ccccc1. The average molecular weight is 274 g/mol. The van der Waals surface area contributed by atoms with E-state index in [9.17, 15) is 0 Å². The number of nitrogens with zero attached hydrogens (tertiary/aromatic N) is 2. The Morgan fingerprint density at radius 2 is 2.05 bits per heavy atom. The lowest BCUT2D eigenvalue weighted by Gasteiger charge is -2.08. The van der Waals surface area contributed by atoms with E-state index in [0.29, 0.717) is 12.5 Å². The van der Waals surface area contributed by atoms with Crippen molar-refractivity contribution in [2.24, 2.45) is 5.92 Å². The highest BCUT2D eigenvalue weighted by atomic mass is 16.3. The highest BCUT2D eigenvalue weighted by molar-refractivity contribution is 5.60. The van der Waals surface area contributed by atoms with E-state index in [2.05, 4.69) is 27.7 Å². The van der Waals surface area contributed by atoms with Crippen LogP contribution in [0.2, 0.25) is 0 Å². The van der Waals surface area contributed by atoms with Gasteiger partial charge < -0.3 is 10.4 Å². The molecule has 3 N–H and O–H groups in total. The van der Waals surface area contributed by atoms with E-state index >= 15 is 0 Å². The zero-order chi connectivity index (χ0) is 14.2. The predicted octanol–water partition coefficient (Wildman–Crippen LogP) is 1.97. The number of aliphatic hydroxyl groups is 1. The van der Waals surface area contributed by atoms with Crippen LogP contribution in [-0.4, -0.2) is 33.7 Å². The fraction of sp³-hybridized carbons (Fsp3) is 0.467. The van der Waals surface area contributed by atoms with Gasteiger partial charge in [0.25, 0.3) is 0 Å². The third kappa shape index (κ3) is 4.15. The Morgan fingerprint density at radius 1 is 1.25 bits per heavy atom.